The molecule has 4 atom stereocenters. The second kappa shape index (κ2) is 11.2. The Labute approximate surface area is 176 Å². The molecule has 4 unspecified atom stereocenters. The van der Waals surface area contributed by atoms with Crippen LogP contribution in [-0.4, -0.2) is 49.8 Å². The van der Waals surface area contributed by atoms with Gasteiger partial charge in [-0.25, -0.2) is 0 Å². The third-order valence-electron chi connectivity index (χ3n) is 5.35. The molecule has 1 saturated carbocycles. The molecule has 2 aliphatic rings. The molecule has 1 heterocycles. The number of rotatable bonds is 4. The van der Waals surface area contributed by atoms with Gasteiger partial charge in [-0.1, -0.05) is 27.2 Å². The van der Waals surface area contributed by atoms with Gasteiger partial charge in [0.15, 0.2) is 5.96 Å². The van der Waals surface area contributed by atoms with Crippen molar-refractivity contribution in [2.75, 3.05) is 26.5 Å². The highest BCUT2D eigenvalue weighted by molar-refractivity contribution is 14.0. The van der Waals surface area contributed by atoms with Crippen molar-refractivity contribution < 1.29 is 4.74 Å². The van der Waals surface area contributed by atoms with Crippen LogP contribution in [0.2, 0.25) is 0 Å². The minimum absolute atomic E-state index is 0. The Hall–Kier alpha value is 0.310. The average Bonchev–Trinajstić information content (AvgIpc) is 2.58. The molecule has 2 fully saturated rings. The lowest BCUT2D eigenvalue weighted by atomic mass is 9.78. The van der Waals surface area contributed by atoms with Crippen LogP contribution in [0.1, 0.15) is 59.3 Å². The molecule has 0 spiro atoms. The fraction of sp³-hybridized carbons (Fsp3) is 0.947. The summed E-state index contributed by atoms with van der Waals surface area (Å²) in [6, 6.07) is 0.559. The van der Waals surface area contributed by atoms with Crippen molar-refractivity contribution in [1.82, 2.24) is 10.6 Å². The minimum atomic E-state index is 0. The van der Waals surface area contributed by atoms with Crippen LogP contribution in [0.25, 0.3) is 0 Å². The van der Waals surface area contributed by atoms with Crippen molar-refractivity contribution in [1.29, 1.82) is 0 Å². The monoisotopic (exact) mass is 483 g/mol. The zero-order valence-corrected chi connectivity index (χ0v) is 19.8. The van der Waals surface area contributed by atoms with E-state index in [1.54, 1.807) is 0 Å². The van der Waals surface area contributed by atoms with Crippen molar-refractivity contribution in [2.24, 2.45) is 16.3 Å². The second-order valence-corrected chi connectivity index (χ2v) is 9.52. The van der Waals surface area contributed by atoms with E-state index in [1.807, 2.05) is 18.8 Å². The number of hydrogen-bond donors (Lipinski definition) is 2. The summed E-state index contributed by atoms with van der Waals surface area (Å²) < 4.78 is 6.10. The molecule has 0 aromatic carbocycles. The summed E-state index contributed by atoms with van der Waals surface area (Å²) in [4.78, 5) is 4.45. The molecule has 148 valence electrons. The van der Waals surface area contributed by atoms with Crippen LogP contribution in [0, 0.1) is 11.3 Å². The first-order valence-electron chi connectivity index (χ1n) is 9.55. The van der Waals surface area contributed by atoms with E-state index in [0.717, 1.165) is 24.4 Å². The maximum absolute atomic E-state index is 6.10. The molecule has 0 aromatic rings. The second-order valence-electron chi connectivity index (χ2n) is 8.38. The number of guanidine groups is 1. The molecular formula is C19H38IN3OS. The Balaban J connectivity index is 0.00000312. The molecular weight excluding hydrogens is 445 g/mol. The fourth-order valence-corrected chi connectivity index (χ4v) is 4.94. The van der Waals surface area contributed by atoms with E-state index in [2.05, 4.69) is 42.7 Å². The summed E-state index contributed by atoms with van der Waals surface area (Å²) >= 11 is 2.01. The summed E-state index contributed by atoms with van der Waals surface area (Å²) in [5.74, 6) is 1.52. The van der Waals surface area contributed by atoms with Crippen LogP contribution in [0.5, 0.6) is 0 Å². The van der Waals surface area contributed by atoms with E-state index in [4.69, 9.17) is 4.74 Å². The number of thioether (sulfide) groups is 1. The molecule has 1 saturated heterocycles. The Kier molecular flexibility index (Phi) is 10.5. The topological polar surface area (TPSA) is 45.7 Å². The van der Waals surface area contributed by atoms with Crippen LogP contribution in [0.3, 0.4) is 0 Å². The van der Waals surface area contributed by atoms with E-state index in [-0.39, 0.29) is 29.4 Å². The van der Waals surface area contributed by atoms with Crippen molar-refractivity contribution in [3.8, 4) is 0 Å². The van der Waals surface area contributed by atoms with E-state index in [0.29, 0.717) is 18.1 Å². The van der Waals surface area contributed by atoms with Crippen LogP contribution in [0.4, 0.5) is 0 Å². The summed E-state index contributed by atoms with van der Waals surface area (Å²) in [7, 11) is 1.88. The molecule has 2 rings (SSSR count). The molecule has 0 radical (unpaired) electrons. The first kappa shape index (κ1) is 23.3. The Bertz CT molecular complexity index is 414. The van der Waals surface area contributed by atoms with E-state index < -0.39 is 0 Å². The highest BCUT2D eigenvalue weighted by atomic mass is 127. The number of hydrogen-bond acceptors (Lipinski definition) is 3. The minimum Gasteiger partial charge on any atom is -0.377 e. The molecule has 2 N–H and O–H groups in total. The number of nitrogens with one attached hydrogen (secondary N) is 2. The predicted octanol–water partition coefficient (Wildman–Crippen LogP) is 4.28. The molecule has 0 bridgehead atoms. The molecule has 0 amide bonds. The summed E-state index contributed by atoms with van der Waals surface area (Å²) in [6.45, 7) is 8.71. The SMILES string of the molecule is CN=C(NCC1CCCOC1C(C)(C)C)NC1CCCC(SC)C1.I. The highest BCUT2D eigenvalue weighted by Gasteiger charge is 2.35. The van der Waals surface area contributed by atoms with Gasteiger partial charge in [-0.15, -0.1) is 24.0 Å². The summed E-state index contributed by atoms with van der Waals surface area (Å²) in [5, 5.41) is 8.02. The van der Waals surface area contributed by atoms with Gasteiger partial charge in [0.2, 0.25) is 0 Å². The highest BCUT2D eigenvalue weighted by Crippen LogP contribution is 2.33. The van der Waals surface area contributed by atoms with Crippen molar-refractivity contribution >= 4 is 41.7 Å². The fourth-order valence-electron chi connectivity index (χ4n) is 4.12. The molecule has 0 aromatic heterocycles. The van der Waals surface area contributed by atoms with E-state index >= 15 is 0 Å². The smallest absolute Gasteiger partial charge is 0.191 e. The van der Waals surface area contributed by atoms with Gasteiger partial charge in [0.25, 0.3) is 0 Å². The zero-order valence-electron chi connectivity index (χ0n) is 16.6. The van der Waals surface area contributed by atoms with Gasteiger partial charge in [0.1, 0.15) is 0 Å². The van der Waals surface area contributed by atoms with Gasteiger partial charge in [-0.2, -0.15) is 11.8 Å². The molecule has 1 aliphatic heterocycles. The largest absolute Gasteiger partial charge is 0.377 e. The van der Waals surface area contributed by atoms with Gasteiger partial charge in [0, 0.05) is 37.4 Å². The lowest BCUT2D eigenvalue weighted by Crippen LogP contribution is -2.50. The average molecular weight is 484 g/mol. The maximum atomic E-state index is 6.10. The number of nitrogens with zero attached hydrogens (tertiary/aromatic N) is 1. The van der Waals surface area contributed by atoms with Crippen molar-refractivity contribution in [2.45, 2.75) is 76.7 Å². The number of halogens is 1. The van der Waals surface area contributed by atoms with Crippen LogP contribution in [0.15, 0.2) is 4.99 Å². The first-order valence-corrected chi connectivity index (χ1v) is 10.8. The number of ether oxygens (including phenoxy) is 1. The van der Waals surface area contributed by atoms with Crippen molar-refractivity contribution in [3.05, 3.63) is 0 Å². The lowest BCUT2D eigenvalue weighted by Gasteiger charge is -2.40. The predicted molar refractivity (Wildman–Crippen MR) is 121 cm³/mol. The van der Waals surface area contributed by atoms with E-state index in [9.17, 15) is 0 Å². The molecule has 6 heteroatoms. The lowest BCUT2D eigenvalue weighted by molar-refractivity contribution is -0.0835. The normalized spacial score (nSPS) is 31.2. The van der Waals surface area contributed by atoms with Gasteiger partial charge in [-0.3, -0.25) is 4.99 Å². The maximum Gasteiger partial charge on any atom is 0.191 e. The number of aliphatic imine (C=N–C) groups is 1. The summed E-state index contributed by atoms with van der Waals surface area (Å²) in [5.41, 5.74) is 0.193. The van der Waals surface area contributed by atoms with Crippen LogP contribution >= 0.6 is 35.7 Å². The standard InChI is InChI=1S/C19H37N3OS.HI/c1-19(2,3)17-14(8-7-11-23-17)13-21-18(20-4)22-15-9-6-10-16(12-15)24-5;/h14-17H,6-13H2,1-5H3,(H2,20,21,22);1H. The molecule has 1 aliphatic carbocycles. The molecule has 25 heavy (non-hydrogen) atoms. The van der Waals surface area contributed by atoms with Crippen LogP contribution in [-0.2, 0) is 4.74 Å². The van der Waals surface area contributed by atoms with Crippen LogP contribution < -0.4 is 10.6 Å². The third-order valence-corrected chi connectivity index (χ3v) is 6.45. The Morgan fingerprint density at radius 2 is 1.96 bits per heavy atom. The zero-order chi connectivity index (χ0) is 17.6. The quantitative estimate of drug-likeness (QED) is 0.356. The van der Waals surface area contributed by atoms with Gasteiger partial charge < -0.3 is 15.4 Å². The Morgan fingerprint density at radius 1 is 1.20 bits per heavy atom. The van der Waals surface area contributed by atoms with Crippen molar-refractivity contribution in [3.63, 3.8) is 0 Å². The van der Waals surface area contributed by atoms with Gasteiger partial charge in [0.05, 0.1) is 6.10 Å². The molecule has 4 nitrogen and oxygen atoms in total. The Morgan fingerprint density at radius 3 is 2.60 bits per heavy atom. The first-order chi connectivity index (χ1) is 11.4. The summed E-state index contributed by atoms with van der Waals surface area (Å²) in [6.07, 6.45) is 10.2. The third kappa shape index (κ3) is 7.45. The van der Waals surface area contributed by atoms with Gasteiger partial charge in [-0.05, 0) is 43.8 Å². The van der Waals surface area contributed by atoms with E-state index in [1.165, 1.54) is 38.5 Å². The van der Waals surface area contributed by atoms with Gasteiger partial charge >= 0.3 is 0 Å².